The monoisotopic (exact) mass is 357 g/mol. The average molecular weight is 358 g/mol. The van der Waals surface area contributed by atoms with Crippen molar-refractivity contribution in [1.29, 1.82) is 0 Å². The molecule has 0 spiro atoms. The van der Waals surface area contributed by atoms with Crippen molar-refractivity contribution >= 4 is 33.3 Å². The molecule has 0 bridgehead atoms. The highest BCUT2D eigenvalue weighted by atomic mass is 32.2. The molecule has 2 aromatic heterocycles. The van der Waals surface area contributed by atoms with Gasteiger partial charge in [0.15, 0.2) is 0 Å². The Morgan fingerprint density at radius 1 is 1.29 bits per heavy atom. The first-order valence-corrected chi connectivity index (χ1v) is 10.1. The molecule has 0 aliphatic carbocycles. The second kappa shape index (κ2) is 6.70. The van der Waals surface area contributed by atoms with E-state index in [4.69, 9.17) is 0 Å². The number of nitrogens with zero attached hydrogens (tertiary/aromatic N) is 2. The van der Waals surface area contributed by atoms with Gasteiger partial charge in [-0.1, -0.05) is 29.8 Å². The van der Waals surface area contributed by atoms with Crippen LogP contribution in [0.15, 0.2) is 40.5 Å². The molecule has 1 saturated heterocycles. The summed E-state index contributed by atoms with van der Waals surface area (Å²) in [6, 6.07) is 11.1. The first-order valence-electron chi connectivity index (χ1n) is 8.05. The molecule has 6 heteroatoms. The van der Waals surface area contributed by atoms with Gasteiger partial charge in [-0.15, -0.1) is 11.3 Å². The van der Waals surface area contributed by atoms with Crippen molar-refractivity contribution in [3.05, 3.63) is 63.0 Å². The summed E-state index contributed by atoms with van der Waals surface area (Å²) < 4.78 is 0.711. The van der Waals surface area contributed by atoms with Gasteiger partial charge in [-0.25, -0.2) is 4.98 Å². The van der Waals surface area contributed by atoms with Gasteiger partial charge in [-0.05, 0) is 23.9 Å². The van der Waals surface area contributed by atoms with Crippen LogP contribution in [0.4, 0.5) is 0 Å². The molecule has 1 atom stereocenters. The third kappa shape index (κ3) is 3.14. The summed E-state index contributed by atoms with van der Waals surface area (Å²) in [7, 11) is 0. The van der Waals surface area contributed by atoms with Crippen LogP contribution in [0.2, 0.25) is 0 Å². The van der Waals surface area contributed by atoms with Gasteiger partial charge in [0.25, 0.3) is 5.56 Å². The Morgan fingerprint density at radius 2 is 2.12 bits per heavy atom. The molecule has 0 amide bonds. The number of aromatic nitrogens is 2. The molecule has 0 saturated carbocycles. The maximum absolute atomic E-state index is 12.2. The molecule has 24 heavy (non-hydrogen) atoms. The maximum Gasteiger partial charge on any atom is 0.268 e. The fourth-order valence-corrected chi connectivity index (χ4v) is 4.99. The first kappa shape index (κ1) is 15.9. The lowest BCUT2D eigenvalue weighted by Crippen LogP contribution is -2.36. The summed E-state index contributed by atoms with van der Waals surface area (Å²) in [5.41, 5.74) is 3.40. The zero-order valence-corrected chi connectivity index (χ0v) is 15.1. The molecule has 1 aliphatic heterocycles. The number of thiophene rings is 1. The van der Waals surface area contributed by atoms with E-state index >= 15 is 0 Å². The van der Waals surface area contributed by atoms with Crippen molar-refractivity contribution in [2.75, 3.05) is 18.1 Å². The van der Waals surface area contributed by atoms with E-state index in [1.54, 1.807) is 0 Å². The van der Waals surface area contributed by atoms with E-state index in [2.05, 4.69) is 46.1 Å². The molecule has 0 radical (unpaired) electrons. The summed E-state index contributed by atoms with van der Waals surface area (Å²) in [6.45, 7) is 3.80. The van der Waals surface area contributed by atoms with Crippen LogP contribution in [-0.2, 0) is 6.54 Å². The highest BCUT2D eigenvalue weighted by Gasteiger charge is 2.25. The Hall–Kier alpha value is -1.63. The van der Waals surface area contributed by atoms with Gasteiger partial charge >= 0.3 is 0 Å². The van der Waals surface area contributed by atoms with E-state index in [0.717, 1.165) is 29.4 Å². The van der Waals surface area contributed by atoms with Crippen molar-refractivity contribution in [2.45, 2.75) is 19.5 Å². The third-order valence-corrected chi connectivity index (χ3v) is 6.34. The fraction of sp³-hybridized carbons (Fsp3) is 0.333. The van der Waals surface area contributed by atoms with Crippen molar-refractivity contribution in [3.63, 3.8) is 0 Å². The lowest BCUT2D eigenvalue weighted by molar-refractivity contribution is 0.207. The Labute approximate surface area is 148 Å². The summed E-state index contributed by atoms with van der Waals surface area (Å²) >= 11 is 3.44. The van der Waals surface area contributed by atoms with E-state index in [1.807, 2.05) is 23.2 Å². The van der Waals surface area contributed by atoms with Crippen molar-refractivity contribution < 1.29 is 0 Å². The molecule has 1 unspecified atom stereocenters. The zero-order valence-electron chi connectivity index (χ0n) is 13.5. The molecule has 1 aliphatic rings. The van der Waals surface area contributed by atoms with Crippen LogP contribution in [0.25, 0.3) is 10.2 Å². The van der Waals surface area contributed by atoms with E-state index in [9.17, 15) is 4.79 Å². The van der Waals surface area contributed by atoms with E-state index in [1.165, 1.54) is 22.5 Å². The number of fused-ring (bicyclic) bond motifs is 1. The highest BCUT2D eigenvalue weighted by Crippen LogP contribution is 2.30. The minimum atomic E-state index is -0.0247. The minimum absolute atomic E-state index is 0.0247. The summed E-state index contributed by atoms with van der Waals surface area (Å²) in [5.74, 6) is 2.95. The van der Waals surface area contributed by atoms with Crippen molar-refractivity contribution in [2.24, 2.45) is 0 Å². The quantitative estimate of drug-likeness (QED) is 0.778. The maximum atomic E-state index is 12.2. The van der Waals surface area contributed by atoms with Crippen LogP contribution in [-0.4, -0.2) is 32.9 Å². The SMILES string of the molecule is Cc1ccc(C2CSCCN2Cc2nc3ccsc3c(=O)[nH]2)cc1. The standard InChI is InChI=1S/C18H19N3OS2/c1-12-2-4-13(5-3-12)15-11-23-9-7-21(15)10-16-19-14-6-8-24-17(14)18(22)20-16/h2-6,8,15H,7,9-11H2,1H3,(H,19,20,22). The van der Waals surface area contributed by atoms with Crippen molar-refractivity contribution in [3.8, 4) is 0 Å². The predicted molar refractivity (Wildman–Crippen MR) is 102 cm³/mol. The molecular weight excluding hydrogens is 338 g/mol. The van der Waals surface area contributed by atoms with Crippen LogP contribution >= 0.6 is 23.1 Å². The van der Waals surface area contributed by atoms with Crippen LogP contribution < -0.4 is 5.56 Å². The number of hydrogen-bond acceptors (Lipinski definition) is 5. The van der Waals surface area contributed by atoms with Crippen molar-refractivity contribution in [1.82, 2.24) is 14.9 Å². The number of rotatable bonds is 3. The van der Waals surface area contributed by atoms with Gasteiger partial charge in [0.2, 0.25) is 0 Å². The second-order valence-corrected chi connectivity index (χ2v) is 8.19. The van der Waals surface area contributed by atoms with E-state index < -0.39 is 0 Å². The van der Waals surface area contributed by atoms with Crippen LogP contribution in [0.5, 0.6) is 0 Å². The molecule has 4 nitrogen and oxygen atoms in total. The number of benzene rings is 1. The largest absolute Gasteiger partial charge is 0.308 e. The number of aromatic amines is 1. The molecule has 1 N–H and O–H groups in total. The zero-order chi connectivity index (χ0) is 16.5. The number of thioether (sulfide) groups is 1. The normalized spacial score (nSPS) is 19.0. The molecule has 3 aromatic rings. The number of aryl methyl sites for hydroxylation is 1. The van der Waals surface area contributed by atoms with Gasteiger partial charge < -0.3 is 4.98 Å². The van der Waals surface area contributed by atoms with E-state index in [0.29, 0.717) is 17.3 Å². The lowest BCUT2D eigenvalue weighted by atomic mass is 10.0. The Bertz CT molecular complexity index is 901. The molecular formula is C18H19N3OS2. The summed E-state index contributed by atoms with van der Waals surface area (Å²) in [4.78, 5) is 22.2. The molecule has 1 fully saturated rings. The Kier molecular flexibility index (Phi) is 4.43. The molecule has 124 valence electrons. The van der Waals surface area contributed by atoms with Gasteiger partial charge in [0, 0.05) is 24.1 Å². The van der Waals surface area contributed by atoms with E-state index in [-0.39, 0.29) is 5.56 Å². The number of H-pyrrole nitrogens is 1. The lowest BCUT2D eigenvalue weighted by Gasteiger charge is -2.35. The topological polar surface area (TPSA) is 49.0 Å². The van der Waals surface area contributed by atoms with Crippen LogP contribution in [0.1, 0.15) is 23.0 Å². The molecule has 4 rings (SSSR count). The molecule has 3 heterocycles. The fourth-order valence-electron chi connectivity index (χ4n) is 3.11. The summed E-state index contributed by atoms with van der Waals surface area (Å²) in [5, 5.41) is 1.92. The molecule has 1 aromatic carbocycles. The second-order valence-electron chi connectivity index (χ2n) is 6.12. The van der Waals surface area contributed by atoms with Gasteiger partial charge in [-0.2, -0.15) is 11.8 Å². The van der Waals surface area contributed by atoms with Gasteiger partial charge in [0.1, 0.15) is 10.5 Å². The van der Waals surface area contributed by atoms with Crippen LogP contribution in [0.3, 0.4) is 0 Å². The van der Waals surface area contributed by atoms with Gasteiger partial charge in [-0.3, -0.25) is 9.69 Å². The first-order chi connectivity index (χ1) is 11.7. The average Bonchev–Trinajstić information content (AvgIpc) is 3.05. The number of hydrogen-bond donors (Lipinski definition) is 1. The smallest absolute Gasteiger partial charge is 0.268 e. The Morgan fingerprint density at radius 3 is 2.96 bits per heavy atom. The third-order valence-electron chi connectivity index (χ3n) is 4.42. The summed E-state index contributed by atoms with van der Waals surface area (Å²) in [6.07, 6.45) is 0. The van der Waals surface area contributed by atoms with Gasteiger partial charge in [0.05, 0.1) is 12.1 Å². The Balaban J connectivity index is 1.62. The number of nitrogens with one attached hydrogen (secondary N) is 1. The minimum Gasteiger partial charge on any atom is -0.308 e. The van der Waals surface area contributed by atoms with Crippen LogP contribution in [0, 0.1) is 6.92 Å². The highest BCUT2D eigenvalue weighted by molar-refractivity contribution is 7.99. The predicted octanol–water partition coefficient (Wildman–Crippen LogP) is 3.58.